The zero-order valence-corrected chi connectivity index (χ0v) is 17.2. The molecule has 1 fully saturated rings. The Morgan fingerprint density at radius 2 is 1.79 bits per heavy atom. The van der Waals surface area contributed by atoms with Gasteiger partial charge < -0.3 is 9.30 Å². The van der Waals surface area contributed by atoms with Crippen LogP contribution in [0.15, 0.2) is 30.3 Å². The number of esters is 1. The summed E-state index contributed by atoms with van der Waals surface area (Å²) >= 11 is 0. The van der Waals surface area contributed by atoms with E-state index in [4.69, 9.17) is 4.74 Å². The predicted octanol–water partition coefficient (Wildman–Crippen LogP) is 3.24. The molecule has 0 bridgehead atoms. The lowest BCUT2D eigenvalue weighted by molar-refractivity contribution is 0.0318. The molecule has 28 heavy (non-hydrogen) atoms. The third-order valence-electron chi connectivity index (χ3n) is 4.74. The molecule has 1 atom stereocenters. The summed E-state index contributed by atoms with van der Waals surface area (Å²) in [6.07, 6.45) is 2.33. The SMILES string of the molecule is Cc1cc(C(=O)O[C@H](C)C(=O)c2ccc(NS(C)(=O)=O)cc2)c(C)n1C1CC1. The molecular weight excluding hydrogens is 380 g/mol. The number of nitrogens with one attached hydrogen (secondary N) is 1. The van der Waals surface area contributed by atoms with Gasteiger partial charge in [0, 0.05) is 28.7 Å². The lowest BCUT2D eigenvalue weighted by atomic mass is 10.1. The van der Waals surface area contributed by atoms with Crippen LogP contribution < -0.4 is 4.72 Å². The van der Waals surface area contributed by atoms with Crippen LogP contribution in [-0.2, 0) is 14.8 Å². The molecular formula is C20H24N2O5S. The van der Waals surface area contributed by atoms with Gasteiger partial charge in [0.2, 0.25) is 15.8 Å². The number of hydrogen-bond donors (Lipinski definition) is 1. The summed E-state index contributed by atoms with van der Waals surface area (Å²) in [5, 5.41) is 0. The molecule has 0 saturated heterocycles. The summed E-state index contributed by atoms with van der Waals surface area (Å²) in [5.74, 6) is -0.869. The Bertz CT molecular complexity index is 1020. The number of aromatic nitrogens is 1. The molecule has 0 radical (unpaired) electrons. The molecule has 2 aromatic rings. The van der Waals surface area contributed by atoms with Gasteiger partial charge in [0.25, 0.3) is 0 Å². The van der Waals surface area contributed by atoms with Crippen molar-refractivity contribution in [2.24, 2.45) is 0 Å². The number of aryl methyl sites for hydroxylation is 1. The Labute approximate surface area is 164 Å². The number of ketones is 1. The predicted molar refractivity (Wildman–Crippen MR) is 106 cm³/mol. The minimum absolute atomic E-state index is 0.336. The summed E-state index contributed by atoms with van der Waals surface area (Å²) in [7, 11) is -3.39. The molecule has 0 amide bonds. The standard InChI is InChI=1S/C20H24N2O5S/c1-12-11-18(13(2)22(12)17-9-10-17)20(24)27-14(3)19(23)15-5-7-16(8-6-15)21-28(4,25)26/h5-8,11,14,17,21H,9-10H2,1-4H3/t14-/m1/s1. The van der Waals surface area contributed by atoms with Crippen molar-refractivity contribution < 1.29 is 22.7 Å². The van der Waals surface area contributed by atoms with Crippen molar-refractivity contribution >= 4 is 27.5 Å². The molecule has 8 heteroatoms. The van der Waals surface area contributed by atoms with Gasteiger partial charge >= 0.3 is 5.97 Å². The van der Waals surface area contributed by atoms with Gasteiger partial charge in [-0.15, -0.1) is 0 Å². The largest absolute Gasteiger partial charge is 0.451 e. The summed E-state index contributed by atoms with van der Waals surface area (Å²) in [4.78, 5) is 25.1. The molecule has 1 aliphatic rings. The molecule has 1 saturated carbocycles. The number of rotatable bonds is 7. The first-order chi connectivity index (χ1) is 13.1. The van der Waals surface area contributed by atoms with Gasteiger partial charge in [-0.2, -0.15) is 0 Å². The van der Waals surface area contributed by atoms with E-state index in [9.17, 15) is 18.0 Å². The van der Waals surface area contributed by atoms with Gasteiger partial charge in [-0.25, -0.2) is 13.2 Å². The van der Waals surface area contributed by atoms with Crippen LogP contribution in [0, 0.1) is 13.8 Å². The van der Waals surface area contributed by atoms with Crippen LogP contribution in [0.5, 0.6) is 0 Å². The molecule has 7 nitrogen and oxygen atoms in total. The second kappa shape index (κ2) is 7.43. The molecule has 0 spiro atoms. The average Bonchev–Trinajstić information content (AvgIpc) is 3.38. The van der Waals surface area contributed by atoms with Crippen LogP contribution in [0.25, 0.3) is 0 Å². The highest BCUT2D eigenvalue weighted by atomic mass is 32.2. The first-order valence-electron chi connectivity index (χ1n) is 9.08. The number of sulfonamides is 1. The van der Waals surface area contributed by atoms with E-state index in [0.717, 1.165) is 30.5 Å². The molecule has 3 rings (SSSR count). The van der Waals surface area contributed by atoms with Crippen molar-refractivity contribution in [1.29, 1.82) is 0 Å². The van der Waals surface area contributed by atoms with Crippen LogP contribution in [-0.4, -0.2) is 37.1 Å². The number of benzene rings is 1. The highest BCUT2D eigenvalue weighted by Crippen LogP contribution is 2.38. The van der Waals surface area contributed by atoms with E-state index in [1.165, 1.54) is 31.2 Å². The maximum atomic E-state index is 12.6. The maximum absolute atomic E-state index is 12.6. The normalized spacial score (nSPS) is 15.1. The van der Waals surface area contributed by atoms with Crippen molar-refractivity contribution in [1.82, 2.24) is 4.57 Å². The second-order valence-corrected chi connectivity index (χ2v) is 9.00. The van der Waals surface area contributed by atoms with Crippen molar-refractivity contribution in [2.75, 3.05) is 11.0 Å². The van der Waals surface area contributed by atoms with E-state index in [-0.39, 0.29) is 5.78 Å². The van der Waals surface area contributed by atoms with E-state index in [1.807, 2.05) is 13.8 Å². The smallest absolute Gasteiger partial charge is 0.340 e. The highest BCUT2D eigenvalue weighted by Gasteiger charge is 2.29. The molecule has 1 aromatic heterocycles. The van der Waals surface area contributed by atoms with Crippen molar-refractivity contribution in [3.05, 3.63) is 52.8 Å². The van der Waals surface area contributed by atoms with Crippen molar-refractivity contribution in [2.45, 2.75) is 45.8 Å². The van der Waals surface area contributed by atoms with E-state index >= 15 is 0 Å². The summed E-state index contributed by atoms with van der Waals surface area (Å²) in [6.45, 7) is 5.38. The van der Waals surface area contributed by atoms with E-state index in [2.05, 4.69) is 9.29 Å². The van der Waals surface area contributed by atoms with Gasteiger partial charge in [-0.3, -0.25) is 9.52 Å². The topological polar surface area (TPSA) is 94.5 Å². The fourth-order valence-corrected chi connectivity index (χ4v) is 3.87. The summed E-state index contributed by atoms with van der Waals surface area (Å²) < 4.78 is 32.4. The Morgan fingerprint density at radius 3 is 2.32 bits per heavy atom. The summed E-state index contributed by atoms with van der Waals surface area (Å²) in [6, 6.07) is 8.25. The summed E-state index contributed by atoms with van der Waals surface area (Å²) in [5.41, 5.74) is 3.05. The monoisotopic (exact) mass is 404 g/mol. The number of Topliss-reactive ketones (excluding diaryl/α,β-unsaturated/α-hetero) is 1. The first-order valence-corrected chi connectivity index (χ1v) is 11.0. The third-order valence-corrected chi connectivity index (χ3v) is 5.35. The first kappa shape index (κ1) is 20.1. The minimum Gasteiger partial charge on any atom is -0.451 e. The fraction of sp³-hybridized carbons (Fsp3) is 0.400. The Morgan fingerprint density at radius 1 is 1.18 bits per heavy atom. The van der Waals surface area contributed by atoms with E-state index in [0.29, 0.717) is 22.9 Å². The Kier molecular flexibility index (Phi) is 5.34. The molecule has 1 N–H and O–H groups in total. The molecule has 1 aliphatic carbocycles. The number of ether oxygens (including phenoxy) is 1. The molecule has 0 aliphatic heterocycles. The fourth-order valence-electron chi connectivity index (χ4n) is 3.31. The lowest BCUT2D eigenvalue weighted by Crippen LogP contribution is -2.24. The van der Waals surface area contributed by atoms with Crippen LogP contribution in [0.2, 0.25) is 0 Å². The molecule has 1 aromatic carbocycles. The number of hydrogen-bond acceptors (Lipinski definition) is 5. The Hall–Kier alpha value is -2.61. The highest BCUT2D eigenvalue weighted by molar-refractivity contribution is 7.92. The van der Waals surface area contributed by atoms with Crippen LogP contribution in [0.1, 0.15) is 57.9 Å². The number of anilines is 1. The van der Waals surface area contributed by atoms with Crippen LogP contribution in [0.4, 0.5) is 5.69 Å². The number of nitrogens with zero attached hydrogens (tertiary/aromatic N) is 1. The van der Waals surface area contributed by atoms with Gasteiger partial charge in [0.15, 0.2) is 6.10 Å². The van der Waals surface area contributed by atoms with Gasteiger partial charge in [0.05, 0.1) is 11.8 Å². The van der Waals surface area contributed by atoms with Gasteiger partial charge in [-0.1, -0.05) is 0 Å². The van der Waals surface area contributed by atoms with E-state index < -0.39 is 22.1 Å². The Balaban J connectivity index is 1.69. The number of carbonyl (C=O) groups excluding carboxylic acids is 2. The lowest BCUT2D eigenvalue weighted by Gasteiger charge is -2.13. The zero-order valence-electron chi connectivity index (χ0n) is 16.4. The molecule has 0 unspecified atom stereocenters. The van der Waals surface area contributed by atoms with Gasteiger partial charge in [0.1, 0.15) is 0 Å². The average molecular weight is 404 g/mol. The molecule has 150 valence electrons. The number of carbonyl (C=O) groups is 2. The maximum Gasteiger partial charge on any atom is 0.340 e. The molecule has 1 heterocycles. The minimum atomic E-state index is -3.39. The van der Waals surface area contributed by atoms with Gasteiger partial charge in [-0.05, 0) is 63.9 Å². The quantitative estimate of drug-likeness (QED) is 0.565. The van der Waals surface area contributed by atoms with Crippen molar-refractivity contribution in [3.63, 3.8) is 0 Å². The van der Waals surface area contributed by atoms with E-state index in [1.54, 1.807) is 6.07 Å². The van der Waals surface area contributed by atoms with Crippen LogP contribution in [0.3, 0.4) is 0 Å². The van der Waals surface area contributed by atoms with Crippen molar-refractivity contribution in [3.8, 4) is 0 Å². The van der Waals surface area contributed by atoms with Crippen LogP contribution >= 0.6 is 0 Å². The zero-order chi connectivity index (χ0) is 20.6. The second-order valence-electron chi connectivity index (χ2n) is 7.25. The third kappa shape index (κ3) is 4.44.